The van der Waals surface area contributed by atoms with Crippen molar-refractivity contribution in [2.45, 2.75) is 20.3 Å². The molecule has 0 saturated heterocycles. The summed E-state index contributed by atoms with van der Waals surface area (Å²) in [5.74, 6) is 6.07. The molecular weight excluding hydrogens is 163 g/mol. The van der Waals surface area contributed by atoms with Gasteiger partial charge in [-0.15, -0.1) is 0 Å². The van der Waals surface area contributed by atoms with Crippen LogP contribution in [0.25, 0.3) is 0 Å². The molecule has 0 spiro atoms. The van der Waals surface area contributed by atoms with Gasteiger partial charge in [-0.25, -0.2) is 4.39 Å². The minimum atomic E-state index is -0.237. The highest BCUT2D eigenvalue weighted by molar-refractivity contribution is 5.35. The van der Waals surface area contributed by atoms with Crippen LogP contribution < -0.4 is 0 Å². The van der Waals surface area contributed by atoms with Gasteiger partial charge in [0, 0.05) is 6.42 Å². The van der Waals surface area contributed by atoms with Crippen LogP contribution in [-0.2, 0) is 0 Å². The van der Waals surface area contributed by atoms with E-state index in [1.165, 1.54) is 6.07 Å². The van der Waals surface area contributed by atoms with E-state index in [2.05, 4.69) is 25.7 Å². The van der Waals surface area contributed by atoms with Crippen LogP contribution in [0.1, 0.15) is 25.8 Å². The standard InChI is InChI=1S/C12H13F/c1-10(2)6-5-8-11-7-3-4-9-12(11)13/h3-4,7,9-10H,6H2,1-2H3. The molecule has 0 aliphatic heterocycles. The van der Waals surface area contributed by atoms with Gasteiger partial charge in [-0.1, -0.05) is 37.8 Å². The molecule has 0 aromatic heterocycles. The molecule has 0 saturated carbocycles. The van der Waals surface area contributed by atoms with E-state index in [1.807, 2.05) is 0 Å². The van der Waals surface area contributed by atoms with Crippen molar-refractivity contribution in [1.82, 2.24) is 0 Å². The van der Waals surface area contributed by atoms with Gasteiger partial charge in [-0.3, -0.25) is 0 Å². The molecule has 0 atom stereocenters. The van der Waals surface area contributed by atoms with Crippen molar-refractivity contribution >= 4 is 0 Å². The molecule has 0 aliphatic carbocycles. The fourth-order valence-electron chi connectivity index (χ4n) is 0.913. The van der Waals surface area contributed by atoms with E-state index in [9.17, 15) is 4.39 Å². The Morgan fingerprint density at radius 3 is 2.62 bits per heavy atom. The van der Waals surface area contributed by atoms with Crippen molar-refractivity contribution in [1.29, 1.82) is 0 Å². The number of benzene rings is 1. The topological polar surface area (TPSA) is 0 Å². The van der Waals surface area contributed by atoms with Crippen LogP contribution in [0.4, 0.5) is 4.39 Å². The van der Waals surface area contributed by atoms with Crippen LogP contribution in [0.5, 0.6) is 0 Å². The van der Waals surface area contributed by atoms with E-state index in [0.29, 0.717) is 11.5 Å². The maximum Gasteiger partial charge on any atom is 0.138 e. The Labute approximate surface area is 78.8 Å². The summed E-state index contributed by atoms with van der Waals surface area (Å²) in [7, 11) is 0. The third-order valence-electron chi connectivity index (χ3n) is 1.61. The number of hydrogen-bond donors (Lipinski definition) is 0. The van der Waals surface area contributed by atoms with E-state index in [-0.39, 0.29) is 5.82 Å². The van der Waals surface area contributed by atoms with Crippen molar-refractivity contribution in [3.63, 3.8) is 0 Å². The lowest BCUT2D eigenvalue weighted by molar-refractivity contribution is 0.624. The highest BCUT2D eigenvalue weighted by Crippen LogP contribution is 2.04. The molecule has 1 aromatic carbocycles. The molecule has 0 amide bonds. The quantitative estimate of drug-likeness (QED) is 0.576. The maximum atomic E-state index is 13.0. The molecule has 0 N–H and O–H groups in total. The summed E-state index contributed by atoms with van der Waals surface area (Å²) in [6.07, 6.45) is 0.814. The van der Waals surface area contributed by atoms with Crippen molar-refractivity contribution in [3.8, 4) is 11.8 Å². The fourth-order valence-corrected chi connectivity index (χ4v) is 0.913. The Morgan fingerprint density at radius 2 is 2.00 bits per heavy atom. The molecule has 0 heterocycles. The molecule has 0 aliphatic rings. The summed E-state index contributed by atoms with van der Waals surface area (Å²) in [5, 5.41) is 0. The first-order valence-electron chi connectivity index (χ1n) is 4.43. The molecule has 1 rings (SSSR count). The Morgan fingerprint density at radius 1 is 1.31 bits per heavy atom. The lowest BCUT2D eigenvalue weighted by atomic mass is 10.1. The molecule has 0 fully saturated rings. The molecule has 68 valence electrons. The average Bonchev–Trinajstić information content (AvgIpc) is 2.08. The summed E-state index contributed by atoms with van der Waals surface area (Å²) < 4.78 is 13.0. The van der Waals surface area contributed by atoms with Gasteiger partial charge in [0.1, 0.15) is 5.82 Å². The molecule has 13 heavy (non-hydrogen) atoms. The number of hydrogen-bond acceptors (Lipinski definition) is 0. The van der Waals surface area contributed by atoms with Gasteiger partial charge in [0.05, 0.1) is 5.56 Å². The molecule has 1 heteroatoms. The van der Waals surface area contributed by atoms with E-state index < -0.39 is 0 Å². The number of halogens is 1. The van der Waals surface area contributed by atoms with E-state index in [4.69, 9.17) is 0 Å². The summed E-state index contributed by atoms with van der Waals surface area (Å²) in [6, 6.07) is 6.59. The van der Waals surface area contributed by atoms with Gasteiger partial charge in [-0.2, -0.15) is 0 Å². The van der Waals surface area contributed by atoms with E-state index in [0.717, 1.165) is 6.42 Å². The monoisotopic (exact) mass is 176 g/mol. The van der Waals surface area contributed by atoms with Gasteiger partial charge >= 0.3 is 0 Å². The maximum absolute atomic E-state index is 13.0. The van der Waals surface area contributed by atoms with Crippen molar-refractivity contribution in [2.75, 3.05) is 0 Å². The first-order valence-corrected chi connectivity index (χ1v) is 4.43. The second-order valence-corrected chi connectivity index (χ2v) is 3.38. The van der Waals surface area contributed by atoms with Crippen LogP contribution >= 0.6 is 0 Å². The van der Waals surface area contributed by atoms with Crippen LogP contribution in [0, 0.1) is 23.6 Å². The molecule has 0 bridgehead atoms. The van der Waals surface area contributed by atoms with E-state index in [1.54, 1.807) is 18.2 Å². The lowest BCUT2D eigenvalue weighted by Crippen LogP contribution is -1.84. The third kappa shape index (κ3) is 3.29. The summed E-state index contributed by atoms with van der Waals surface area (Å²) in [4.78, 5) is 0. The van der Waals surface area contributed by atoms with Gasteiger partial charge < -0.3 is 0 Å². The number of rotatable bonds is 1. The van der Waals surface area contributed by atoms with Gasteiger partial charge in [0.25, 0.3) is 0 Å². The van der Waals surface area contributed by atoms with Gasteiger partial charge in [-0.05, 0) is 18.1 Å². The highest BCUT2D eigenvalue weighted by atomic mass is 19.1. The molecule has 0 nitrogen and oxygen atoms in total. The van der Waals surface area contributed by atoms with E-state index >= 15 is 0 Å². The van der Waals surface area contributed by atoms with Crippen LogP contribution in [-0.4, -0.2) is 0 Å². The van der Waals surface area contributed by atoms with Crippen LogP contribution in [0.3, 0.4) is 0 Å². The zero-order chi connectivity index (χ0) is 9.68. The third-order valence-corrected chi connectivity index (χ3v) is 1.61. The molecule has 1 aromatic rings. The first kappa shape index (κ1) is 9.80. The molecule has 0 unspecified atom stereocenters. The van der Waals surface area contributed by atoms with Gasteiger partial charge in [0.2, 0.25) is 0 Å². The SMILES string of the molecule is CC(C)CC#Cc1ccccc1F. The first-order chi connectivity index (χ1) is 6.20. The minimum Gasteiger partial charge on any atom is -0.206 e. The largest absolute Gasteiger partial charge is 0.206 e. The summed E-state index contributed by atoms with van der Waals surface area (Å²) in [6.45, 7) is 4.19. The smallest absolute Gasteiger partial charge is 0.138 e. The second-order valence-electron chi connectivity index (χ2n) is 3.38. The van der Waals surface area contributed by atoms with Gasteiger partial charge in [0.15, 0.2) is 0 Å². The highest BCUT2D eigenvalue weighted by Gasteiger charge is 1.94. The fraction of sp³-hybridized carbons (Fsp3) is 0.333. The van der Waals surface area contributed by atoms with Crippen LogP contribution in [0.2, 0.25) is 0 Å². The van der Waals surface area contributed by atoms with Crippen molar-refractivity contribution in [2.24, 2.45) is 5.92 Å². The summed E-state index contributed by atoms with van der Waals surface area (Å²) >= 11 is 0. The lowest BCUT2D eigenvalue weighted by Gasteiger charge is -1.94. The molecular formula is C12H13F. The van der Waals surface area contributed by atoms with Crippen molar-refractivity contribution < 1.29 is 4.39 Å². The molecule has 0 radical (unpaired) electrons. The second kappa shape index (κ2) is 4.67. The Bertz CT molecular complexity index is 328. The zero-order valence-corrected chi connectivity index (χ0v) is 7.97. The Hall–Kier alpha value is -1.29. The Balaban J connectivity index is 2.72. The average molecular weight is 176 g/mol. The van der Waals surface area contributed by atoms with Crippen molar-refractivity contribution in [3.05, 3.63) is 35.6 Å². The normalized spacial score (nSPS) is 9.54. The zero-order valence-electron chi connectivity index (χ0n) is 7.97. The van der Waals surface area contributed by atoms with Crippen LogP contribution in [0.15, 0.2) is 24.3 Å². The Kier molecular flexibility index (Phi) is 3.52. The minimum absolute atomic E-state index is 0.237. The summed E-state index contributed by atoms with van der Waals surface area (Å²) in [5.41, 5.74) is 0.489. The predicted molar refractivity (Wildman–Crippen MR) is 52.7 cm³/mol. The predicted octanol–water partition coefficient (Wildman–Crippen LogP) is 3.22.